The second kappa shape index (κ2) is 3.95. The number of carbonyl (C=O) groups excluding carboxylic acids is 2. The summed E-state index contributed by atoms with van der Waals surface area (Å²) < 4.78 is 13.1. The molecule has 0 saturated heterocycles. The van der Waals surface area contributed by atoms with Gasteiger partial charge in [-0.05, 0) is 13.0 Å². The van der Waals surface area contributed by atoms with Gasteiger partial charge in [0.05, 0.1) is 22.1 Å². The number of aldehydes is 1. The van der Waals surface area contributed by atoms with Crippen LogP contribution in [0.15, 0.2) is 12.1 Å². The van der Waals surface area contributed by atoms with E-state index in [4.69, 9.17) is 0 Å². The Bertz CT molecular complexity index is 456. The van der Waals surface area contributed by atoms with Crippen molar-refractivity contribution in [3.05, 3.63) is 39.2 Å². The maximum Gasteiger partial charge on any atom is 0.282 e. The maximum absolute atomic E-state index is 13.1. The lowest BCUT2D eigenvalue weighted by molar-refractivity contribution is -0.385. The molecule has 0 fully saturated rings. The van der Waals surface area contributed by atoms with Crippen molar-refractivity contribution in [3.63, 3.8) is 0 Å². The van der Waals surface area contributed by atoms with E-state index in [0.717, 1.165) is 13.0 Å². The molecule has 0 saturated carbocycles. The standard InChI is InChI=1S/C9H6FNO4/c1-5(13)7-2-6(4-12)9(11(14)15)3-8(7)10/h2-4H,1H3. The lowest BCUT2D eigenvalue weighted by Crippen LogP contribution is -2.02. The van der Waals surface area contributed by atoms with E-state index in [1.807, 2.05) is 0 Å². The van der Waals surface area contributed by atoms with Gasteiger partial charge in [-0.2, -0.15) is 0 Å². The summed E-state index contributed by atoms with van der Waals surface area (Å²) in [4.78, 5) is 30.9. The van der Waals surface area contributed by atoms with Gasteiger partial charge in [-0.1, -0.05) is 0 Å². The van der Waals surface area contributed by atoms with Crippen LogP contribution < -0.4 is 0 Å². The molecular weight excluding hydrogens is 205 g/mol. The fourth-order valence-corrected chi connectivity index (χ4v) is 1.10. The minimum Gasteiger partial charge on any atom is -0.298 e. The third-order valence-electron chi connectivity index (χ3n) is 1.82. The highest BCUT2D eigenvalue weighted by Gasteiger charge is 2.19. The van der Waals surface area contributed by atoms with Crippen LogP contribution in [0.25, 0.3) is 0 Å². The average molecular weight is 211 g/mol. The Labute approximate surface area is 83.7 Å². The highest BCUT2D eigenvalue weighted by Crippen LogP contribution is 2.21. The molecule has 0 atom stereocenters. The van der Waals surface area contributed by atoms with Crippen molar-refractivity contribution in [2.45, 2.75) is 6.92 Å². The number of hydrogen-bond donors (Lipinski definition) is 0. The molecule has 0 aromatic heterocycles. The summed E-state index contributed by atoms with van der Waals surface area (Å²) in [6.45, 7) is 1.11. The molecule has 1 aromatic rings. The quantitative estimate of drug-likeness (QED) is 0.330. The van der Waals surface area contributed by atoms with Gasteiger partial charge in [-0.3, -0.25) is 19.7 Å². The molecule has 0 spiro atoms. The van der Waals surface area contributed by atoms with E-state index in [9.17, 15) is 24.1 Å². The number of benzene rings is 1. The molecule has 15 heavy (non-hydrogen) atoms. The van der Waals surface area contributed by atoms with E-state index in [1.54, 1.807) is 0 Å². The van der Waals surface area contributed by atoms with E-state index >= 15 is 0 Å². The Morgan fingerprint density at radius 1 is 1.53 bits per heavy atom. The molecule has 0 aliphatic carbocycles. The summed E-state index contributed by atoms with van der Waals surface area (Å²) in [6, 6.07) is 1.45. The second-order valence-electron chi connectivity index (χ2n) is 2.82. The minimum absolute atomic E-state index is 0.212. The first-order valence-corrected chi connectivity index (χ1v) is 3.91. The molecule has 0 amide bonds. The Morgan fingerprint density at radius 3 is 2.53 bits per heavy atom. The van der Waals surface area contributed by atoms with Crippen LogP contribution in [0, 0.1) is 15.9 Å². The van der Waals surface area contributed by atoms with E-state index < -0.39 is 22.2 Å². The Hall–Kier alpha value is -2.11. The van der Waals surface area contributed by atoms with Gasteiger partial charge in [-0.15, -0.1) is 0 Å². The highest BCUT2D eigenvalue weighted by atomic mass is 19.1. The Balaban J connectivity index is 3.48. The van der Waals surface area contributed by atoms with E-state index in [-0.39, 0.29) is 17.4 Å². The van der Waals surface area contributed by atoms with E-state index in [1.165, 1.54) is 0 Å². The van der Waals surface area contributed by atoms with Crippen molar-refractivity contribution in [2.24, 2.45) is 0 Å². The molecule has 1 aromatic carbocycles. The van der Waals surface area contributed by atoms with Gasteiger partial charge in [0.2, 0.25) is 0 Å². The zero-order valence-electron chi connectivity index (χ0n) is 7.69. The molecule has 1 rings (SSSR count). The molecule has 6 heteroatoms. The van der Waals surface area contributed by atoms with Crippen LogP contribution >= 0.6 is 0 Å². The molecule has 0 aliphatic heterocycles. The summed E-state index contributed by atoms with van der Waals surface area (Å²) in [6.07, 6.45) is 0.212. The lowest BCUT2D eigenvalue weighted by Gasteiger charge is -2.00. The molecule has 0 aliphatic rings. The zero-order chi connectivity index (χ0) is 11.6. The zero-order valence-corrected chi connectivity index (χ0v) is 7.69. The van der Waals surface area contributed by atoms with Gasteiger partial charge in [0.25, 0.3) is 5.69 Å². The molecule has 78 valence electrons. The van der Waals surface area contributed by atoms with Gasteiger partial charge in [-0.25, -0.2) is 4.39 Å². The van der Waals surface area contributed by atoms with Crippen LogP contribution in [0.2, 0.25) is 0 Å². The first-order valence-electron chi connectivity index (χ1n) is 3.91. The maximum atomic E-state index is 13.1. The van der Waals surface area contributed by atoms with Crippen molar-refractivity contribution < 1.29 is 18.9 Å². The predicted molar refractivity (Wildman–Crippen MR) is 48.4 cm³/mol. The molecule has 0 unspecified atom stereocenters. The summed E-state index contributed by atoms with van der Waals surface area (Å²) in [5.41, 5.74) is -1.29. The van der Waals surface area contributed by atoms with Crippen LogP contribution in [0.5, 0.6) is 0 Å². The topological polar surface area (TPSA) is 77.3 Å². The van der Waals surface area contributed by atoms with E-state index in [0.29, 0.717) is 6.07 Å². The van der Waals surface area contributed by atoms with Crippen LogP contribution in [-0.4, -0.2) is 17.0 Å². The van der Waals surface area contributed by atoms with Crippen molar-refractivity contribution in [1.82, 2.24) is 0 Å². The molecule has 5 nitrogen and oxygen atoms in total. The van der Waals surface area contributed by atoms with Gasteiger partial charge >= 0.3 is 0 Å². The van der Waals surface area contributed by atoms with Crippen molar-refractivity contribution in [3.8, 4) is 0 Å². The van der Waals surface area contributed by atoms with Crippen molar-refractivity contribution >= 4 is 17.8 Å². The van der Waals surface area contributed by atoms with Gasteiger partial charge in [0.1, 0.15) is 5.82 Å². The largest absolute Gasteiger partial charge is 0.298 e. The molecule has 0 heterocycles. The number of halogens is 1. The van der Waals surface area contributed by atoms with Gasteiger partial charge in [0.15, 0.2) is 12.1 Å². The van der Waals surface area contributed by atoms with Crippen LogP contribution in [-0.2, 0) is 0 Å². The lowest BCUT2D eigenvalue weighted by atomic mass is 10.1. The number of nitro groups is 1. The van der Waals surface area contributed by atoms with Gasteiger partial charge in [0, 0.05) is 0 Å². The number of Topliss-reactive ketones (excluding diaryl/α,β-unsaturated/α-hetero) is 1. The number of nitro benzene ring substituents is 1. The summed E-state index contributed by atoms with van der Waals surface area (Å²) in [5.74, 6) is -1.59. The van der Waals surface area contributed by atoms with Crippen molar-refractivity contribution in [1.29, 1.82) is 0 Å². The van der Waals surface area contributed by atoms with Gasteiger partial charge < -0.3 is 0 Å². The normalized spacial score (nSPS) is 9.73. The highest BCUT2D eigenvalue weighted by molar-refractivity contribution is 5.97. The predicted octanol–water partition coefficient (Wildman–Crippen LogP) is 1.75. The third kappa shape index (κ3) is 2.04. The molecule has 0 radical (unpaired) electrons. The molecule has 0 bridgehead atoms. The molecular formula is C9H6FNO4. The number of ketones is 1. The second-order valence-corrected chi connectivity index (χ2v) is 2.82. The summed E-state index contributed by atoms with van der Waals surface area (Å²) in [5, 5.41) is 10.4. The summed E-state index contributed by atoms with van der Waals surface area (Å²) in [7, 11) is 0. The minimum atomic E-state index is -1.00. The number of rotatable bonds is 3. The fraction of sp³-hybridized carbons (Fsp3) is 0.111. The van der Waals surface area contributed by atoms with Crippen LogP contribution in [0.4, 0.5) is 10.1 Å². The Morgan fingerprint density at radius 2 is 2.13 bits per heavy atom. The first-order chi connectivity index (χ1) is 6.97. The fourth-order valence-electron chi connectivity index (χ4n) is 1.10. The van der Waals surface area contributed by atoms with Crippen molar-refractivity contribution in [2.75, 3.05) is 0 Å². The average Bonchev–Trinajstić information content (AvgIpc) is 2.16. The van der Waals surface area contributed by atoms with E-state index in [2.05, 4.69) is 0 Å². The monoisotopic (exact) mass is 211 g/mol. The number of nitrogens with zero attached hydrogens (tertiary/aromatic N) is 1. The van der Waals surface area contributed by atoms with Crippen LogP contribution in [0.3, 0.4) is 0 Å². The number of hydrogen-bond acceptors (Lipinski definition) is 4. The SMILES string of the molecule is CC(=O)c1cc(C=O)c([N+](=O)[O-])cc1F. The molecule has 0 N–H and O–H groups in total. The third-order valence-corrected chi connectivity index (χ3v) is 1.82. The first kappa shape index (κ1) is 11.0. The summed E-state index contributed by atoms with van der Waals surface area (Å²) >= 11 is 0. The number of carbonyl (C=O) groups is 2. The van der Waals surface area contributed by atoms with Crippen LogP contribution in [0.1, 0.15) is 27.6 Å². The Kier molecular flexibility index (Phi) is 2.89. The smallest absolute Gasteiger partial charge is 0.282 e.